The molecule has 2 aromatic rings. The fraction of sp³-hybridized carbons (Fsp3) is 0.235. The van der Waals surface area contributed by atoms with Crippen LogP contribution in [0.15, 0.2) is 42.5 Å². The minimum absolute atomic E-state index is 0.137. The number of sulfonamides is 1. The van der Waals surface area contributed by atoms with Crippen molar-refractivity contribution in [2.24, 2.45) is 0 Å². The van der Waals surface area contributed by atoms with Gasteiger partial charge < -0.3 is 10.1 Å². The lowest BCUT2D eigenvalue weighted by Gasteiger charge is -2.34. The number of benzene rings is 2. The van der Waals surface area contributed by atoms with E-state index in [0.29, 0.717) is 17.1 Å². The van der Waals surface area contributed by atoms with Crippen LogP contribution in [0.4, 0.5) is 15.8 Å². The fourth-order valence-corrected chi connectivity index (χ4v) is 3.47. The van der Waals surface area contributed by atoms with E-state index in [1.54, 1.807) is 18.2 Å². The van der Waals surface area contributed by atoms with Gasteiger partial charge in [-0.25, -0.2) is 12.8 Å². The van der Waals surface area contributed by atoms with Crippen molar-refractivity contribution in [3.05, 3.63) is 53.8 Å². The molecular formula is C17H17FN2O4S. The van der Waals surface area contributed by atoms with E-state index in [2.05, 4.69) is 5.32 Å². The molecule has 0 fully saturated rings. The van der Waals surface area contributed by atoms with Crippen molar-refractivity contribution < 1.29 is 22.3 Å². The second-order valence-corrected chi connectivity index (χ2v) is 7.77. The van der Waals surface area contributed by atoms with Crippen molar-refractivity contribution in [2.45, 2.75) is 13.0 Å². The molecule has 1 heterocycles. The number of aryl methyl sites for hydroxylation is 1. The summed E-state index contributed by atoms with van der Waals surface area (Å²) in [6.07, 6.45) is 0.0642. The van der Waals surface area contributed by atoms with Crippen molar-refractivity contribution in [2.75, 3.05) is 22.4 Å². The molecule has 0 aliphatic carbocycles. The first-order valence-corrected chi connectivity index (χ1v) is 9.40. The number of rotatable bonds is 3. The van der Waals surface area contributed by atoms with Gasteiger partial charge in [0.15, 0.2) is 6.10 Å². The van der Waals surface area contributed by atoms with Crippen LogP contribution in [0.2, 0.25) is 0 Å². The standard InChI is InChI=1S/C17H17FN2O4S/c1-11-3-8-15-14(9-11)20(25(2,22)23)10-16(24-15)17(21)19-13-6-4-12(18)5-7-13/h3-9,16H,10H2,1-2H3,(H,19,21). The number of hydrogen-bond acceptors (Lipinski definition) is 4. The molecule has 25 heavy (non-hydrogen) atoms. The van der Waals surface area contributed by atoms with Gasteiger partial charge in [-0.05, 0) is 48.9 Å². The summed E-state index contributed by atoms with van der Waals surface area (Å²) >= 11 is 0. The highest BCUT2D eigenvalue weighted by molar-refractivity contribution is 7.92. The molecule has 1 N–H and O–H groups in total. The quantitative estimate of drug-likeness (QED) is 0.907. The number of nitrogens with zero attached hydrogens (tertiary/aromatic N) is 1. The normalized spacial score (nSPS) is 16.8. The van der Waals surface area contributed by atoms with Crippen molar-refractivity contribution in [3.8, 4) is 5.75 Å². The maximum Gasteiger partial charge on any atom is 0.267 e. The minimum atomic E-state index is -3.58. The Kier molecular flexibility index (Phi) is 4.38. The lowest BCUT2D eigenvalue weighted by molar-refractivity contribution is -0.122. The van der Waals surface area contributed by atoms with Crippen molar-refractivity contribution in [1.29, 1.82) is 0 Å². The molecule has 1 amide bonds. The summed E-state index contributed by atoms with van der Waals surface area (Å²) < 4.78 is 44.0. The van der Waals surface area contributed by atoms with Crippen molar-refractivity contribution in [1.82, 2.24) is 0 Å². The molecule has 132 valence electrons. The van der Waals surface area contributed by atoms with E-state index in [1.807, 2.05) is 6.92 Å². The second kappa shape index (κ2) is 6.36. The summed E-state index contributed by atoms with van der Waals surface area (Å²) in [5, 5.41) is 2.60. The van der Waals surface area contributed by atoms with Crippen molar-refractivity contribution >= 4 is 27.3 Å². The predicted molar refractivity (Wildman–Crippen MR) is 92.8 cm³/mol. The van der Waals surface area contributed by atoms with E-state index < -0.39 is 27.9 Å². The molecule has 0 radical (unpaired) electrons. The zero-order valence-electron chi connectivity index (χ0n) is 13.7. The van der Waals surface area contributed by atoms with Crippen LogP contribution in [0.1, 0.15) is 5.56 Å². The molecule has 0 aromatic heterocycles. The monoisotopic (exact) mass is 364 g/mol. The number of nitrogens with one attached hydrogen (secondary N) is 1. The summed E-state index contributed by atoms with van der Waals surface area (Å²) in [7, 11) is -3.58. The Hall–Kier alpha value is -2.61. The zero-order valence-corrected chi connectivity index (χ0v) is 14.5. The van der Waals surface area contributed by atoms with E-state index in [9.17, 15) is 17.6 Å². The molecular weight excluding hydrogens is 347 g/mol. The van der Waals surface area contributed by atoms with E-state index in [1.165, 1.54) is 24.3 Å². The average Bonchev–Trinajstić information content (AvgIpc) is 2.55. The number of carbonyl (C=O) groups excluding carboxylic acids is 1. The third-order valence-corrected chi connectivity index (χ3v) is 4.93. The summed E-state index contributed by atoms with van der Waals surface area (Å²) in [4.78, 5) is 12.5. The molecule has 0 bridgehead atoms. The Morgan fingerprint density at radius 3 is 2.56 bits per heavy atom. The smallest absolute Gasteiger partial charge is 0.267 e. The number of anilines is 2. The van der Waals surface area contributed by atoms with Crippen LogP contribution in [-0.4, -0.2) is 33.2 Å². The van der Waals surface area contributed by atoms with Crippen LogP contribution in [-0.2, 0) is 14.8 Å². The molecule has 6 nitrogen and oxygen atoms in total. The first kappa shape index (κ1) is 17.2. The Morgan fingerprint density at radius 1 is 1.24 bits per heavy atom. The van der Waals surface area contributed by atoms with E-state index in [0.717, 1.165) is 16.1 Å². The highest BCUT2D eigenvalue weighted by atomic mass is 32.2. The highest BCUT2D eigenvalue weighted by Crippen LogP contribution is 2.35. The third kappa shape index (κ3) is 3.74. The van der Waals surface area contributed by atoms with Gasteiger partial charge >= 0.3 is 0 Å². The minimum Gasteiger partial charge on any atom is -0.476 e. The predicted octanol–water partition coefficient (Wildman–Crippen LogP) is 2.30. The van der Waals surface area contributed by atoms with Gasteiger partial charge in [0.05, 0.1) is 18.5 Å². The van der Waals surface area contributed by atoms with E-state index >= 15 is 0 Å². The number of ether oxygens (including phenoxy) is 1. The molecule has 1 atom stereocenters. The molecule has 0 saturated carbocycles. The average molecular weight is 364 g/mol. The fourth-order valence-electron chi connectivity index (χ4n) is 2.57. The third-order valence-electron chi connectivity index (χ3n) is 3.79. The summed E-state index contributed by atoms with van der Waals surface area (Å²) in [5.74, 6) is -0.604. The molecule has 0 saturated heterocycles. The van der Waals surface area contributed by atoms with Gasteiger partial charge in [0, 0.05) is 5.69 Å². The van der Waals surface area contributed by atoms with Gasteiger partial charge in [-0.2, -0.15) is 0 Å². The largest absolute Gasteiger partial charge is 0.476 e. The number of halogens is 1. The Bertz CT molecular complexity index is 913. The van der Waals surface area contributed by atoms with Gasteiger partial charge in [-0.3, -0.25) is 9.10 Å². The number of fused-ring (bicyclic) bond motifs is 1. The van der Waals surface area contributed by atoms with E-state index in [-0.39, 0.29) is 6.54 Å². The van der Waals surface area contributed by atoms with Crippen LogP contribution in [0, 0.1) is 12.7 Å². The second-order valence-electron chi connectivity index (χ2n) is 5.87. The molecule has 2 aromatic carbocycles. The van der Waals surface area contributed by atoms with Gasteiger partial charge in [0.25, 0.3) is 5.91 Å². The number of amides is 1. The molecule has 1 aliphatic heterocycles. The van der Waals surface area contributed by atoms with Crippen LogP contribution >= 0.6 is 0 Å². The van der Waals surface area contributed by atoms with Crippen LogP contribution in [0.5, 0.6) is 5.75 Å². The zero-order chi connectivity index (χ0) is 18.2. The van der Waals surface area contributed by atoms with E-state index in [4.69, 9.17) is 4.74 Å². The van der Waals surface area contributed by atoms with Crippen LogP contribution in [0.3, 0.4) is 0 Å². The Labute approximate surface area is 145 Å². The summed E-state index contributed by atoms with van der Waals surface area (Å²) in [5.41, 5.74) is 1.69. The molecule has 1 aliphatic rings. The molecule has 8 heteroatoms. The molecule has 0 spiro atoms. The van der Waals surface area contributed by atoms with Crippen LogP contribution in [0.25, 0.3) is 0 Å². The lowest BCUT2D eigenvalue weighted by atomic mass is 10.1. The Morgan fingerprint density at radius 2 is 1.92 bits per heavy atom. The molecule has 3 rings (SSSR count). The summed E-state index contributed by atoms with van der Waals surface area (Å²) in [6.45, 7) is 1.70. The number of hydrogen-bond donors (Lipinski definition) is 1. The first-order chi connectivity index (χ1) is 11.7. The number of carbonyl (C=O) groups is 1. The topological polar surface area (TPSA) is 75.7 Å². The SMILES string of the molecule is Cc1ccc2c(c1)N(S(C)(=O)=O)CC(C(=O)Nc1ccc(F)cc1)O2. The Balaban J connectivity index is 1.87. The maximum absolute atomic E-state index is 12.9. The van der Waals surface area contributed by atoms with Gasteiger partial charge in [-0.1, -0.05) is 6.07 Å². The lowest BCUT2D eigenvalue weighted by Crippen LogP contribution is -2.48. The van der Waals surface area contributed by atoms with Crippen LogP contribution < -0.4 is 14.4 Å². The van der Waals surface area contributed by atoms with Gasteiger partial charge in [0.2, 0.25) is 10.0 Å². The van der Waals surface area contributed by atoms with Gasteiger partial charge in [0.1, 0.15) is 11.6 Å². The highest BCUT2D eigenvalue weighted by Gasteiger charge is 2.35. The first-order valence-electron chi connectivity index (χ1n) is 7.55. The summed E-state index contributed by atoms with van der Waals surface area (Å²) in [6, 6.07) is 10.4. The van der Waals surface area contributed by atoms with Gasteiger partial charge in [-0.15, -0.1) is 0 Å². The molecule has 1 unspecified atom stereocenters. The maximum atomic E-state index is 12.9. The van der Waals surface area contributed by atoms with Crippen molar-refractivity contribution in [3.63, 3.8) is 0 Å².